The molecule has 1 aliphatic rings. The summed E-state index contributed by atoms with van der Waals surface area (Å²) < 4.78 is 4.96. The number of nitrogens with one attached hydrogen (secondary N) is 1. The maximum atomic E-state index is 12.2. The van der Waals surface area contributed by atoms with Gasteiger partial charge in [0, 0.05) is 6.42 Å². The highest BCUT2D eigenvalue weighted by Crippen LogP contribution is 2.24. The van der Waals surface area contributed by atoms with Crippen molar-refractivity contribution in [2.24, 2.45) is 5.10 Å². The van der Waals surface area contributed by atoms with E-state index in [-0.39, 0.29) is 24.6 Å². The van der Waals surface area contributed by atoms with E-state index in [4.69, 9.17) is 9.57 Å². The zero-order chi connectivity index (χ0) is 15.9. The molecular formula is C15H19N3O4. The van der Waals surface area contributed by atoms with E-state index in [1.54, 1.807) is 13.8 Å². The van der Waals surface area contributed by atoms with E-state index < -0.39 is 12.0 Å². The predicted octanol–water partition coefficient (Wildman–Crippen LogP) is 1.25. The van der Waals surface area contributed by atoms with Crippen molar-refractivity contribution in [2.45, 2.75) is 26.3 Å². The monoisotopic (exact) mass is 305 g/mol. The number of hydrazone groups is 1. The number of amides is 1. The van der Waals surface area contributed by atoms with Crippen molar-refractivity contribution < 1.29 is 19.2 Å². The highest BCUT2D eigenvalue weighted by molar-refractivity contribution is 6.38. The lowest BCUT2D eigenvalue weighted by atomic mass is 10.1. The third kappa shape index (κ3) is 3.62. The highest BCUT2D eigenvalue weighted by Gasteiger charge is 2.36. The van der Waals surface area contributed by atoms with Gasteiger partial charge >= 0.3 is 5.97 Å². The molecule has 118 valence electrons. The van der Waals surface area contributed by atoms with Crippen LogP contribution >= 0.6 is 0 Å². The fourth-order valence-corrected chi connectivity index (χ4v) is 2.08. The van der Waals surface area contributed by atoms with Gasteiger partial charge in [-0.25, -0.2) is 10.3 Å². The first-order chi connectivity index (χ1) is 10.7. The van der Waals surface area contributed by atoms with E-state index in [0.29, 0.717) is 6.61 Å². The summed E-state index contributed by atoms with van der Waals surface area (Å²) in [4.78, 5) is 29.0. The smallest absolute Gasteiger partial charge is 0.354 e. The largest absolute Gasteiger partial charge is 0.461 e. The Morgan fingerprint density at radius 1 is 1.27 bits per heavy atom. The van der Waals surface area contributed by atoms with Crippen molar-refractivity contribution in [1.82, 2.24) is 5.48 Å². The molecule has 7 nitrogen and oxygen atoms in total. The van der Waals surface area contributed by atoms with E-state index >= 15 is 0 Å². The van der Waals surface area contributed by atoms with Crippen LogP contribution in [0.4, 0.5) is 5.69 Å². The summed E-state index contributed by atoms with van der Waals surface area (Å²) in [6, 6.07) is 8.53. The Kier molecular flexibility index (Phi) is 5.48. The number of carbonyl (C=O) groups is 2. The number of hydroxylamine groups is 1. The number of hydrogen-bond donors (Lipinski definition) is 1. The van der Waals surface area contributed by atoms with E-state index in [2.05, 4.69) is 10.6 Å². The Morgan fingerprint density at radius 2 is 2.00 bits per heavy atom. The first kappa shape index (κ1) is 16.0. The van der Waals surface area contributed by atoms with Crippen LogP contribution in [0.2, 0.25) is 0 Å². The van der Waals surface area contributed by atoms with Gasteiger partial charge in [0.05, 0.1) is 18.9 Å². The molecule has 1 heterocycles. The number of esters is 1. The molecule has 0 spiro atoms. The highest BCUT2D eigenvalue weighted by atomic mass is 16.6. The average molecular weight is 305 g/mol. The molecule has 2 rings (SSSR count). The van der Waals surface area contributed by atoms with Crippen LogP contribution in [-0.2, 0) is 19.2 Å². The molecule has 0 bridgehead atoms. The minimum Gasteiger partial charge on any atom is -0.461 e. The van der Waals surface area contributed by atoms with Crippen molar-refractivity contribution >= 4 is 23.3 Å². The molecule has 7 heteroatoms. The molecule has 1 N–H and O–H groups in total. The van der Waals surface area contributed by atoms with Gasteiger partial charge in [0.25, 0.3) is 5.91 Å². The second kappa shape index (κ2) is 7.56. The van der Waals surface area contributed by atoms with E-state index in [0.717, 1.165) is 5.69 Å². The second-order valence-corrected chi connectivity index (χ2v) is 4.57. The topological polar surface area (TPSA) is 80.2 Å². The van der Waals surface area contributed by atoms with Crippen molar-refractivity contribution in [3.8, 4) is 0 Å². The molecule has 0 fully saturated rings. The van der Waals surface area contributed by atoms with Gasteiger partial charge < -0.3 is 4.74 Å². The maximum absolute atomic E-state index is 12.2. The normalized spacial score (nSPS) is 17.1. The van der Waals surface area contributed by atoms with Gasteiger partial charge in [-0.2, -0.15) is 5.10 Å². The third-order valence-electron chi connectivity index (χ3n) is 3.06. The van der Waals surface area contributed by atoms with E-state index in [9.17, 15) is 9.59 Å². The number of anilines is 1. The SMILES string of the molecule is CCONC(=O)C1CC(C(=O)OCC)=NN1c1ccccc1. The molecule has 1 amide bonds. The average Bonchev–Trinajstić information content (AvgIpc) is 2.99. The minimum absolute atomic E-state index is 0.173. The second-order valence-electron chi connectivity index (χ2n) is 4.57. The van der Waals surface area contributed by atoms with Crippen LogP contribution in [-0.4, -0.2) is 36.8 Å². The van der Waals surface area contributed by atoms with Gasteiger partial charge in [-0.1, -0.05) is 18.2 Å². The lowest BCUT2D eigenvalue weighted by molar-refractivity contribution is -0.135. The number of hydrogen-bond acceptors (Lipinski definition) is 6. The van der Waals surface area contributed by atoms with E-state index in [1.165, 1.54) is 5.01 Å². The first-order valence-electron chi connectivity index (χ1n) is 7.17. The Bertz CT molecular complexity index is 559. The van der Waals surface area contributed by atoms with Crippen molar-refractivity contribution in [3.05, 3.63) is 30.3 Å². The molecule has 1 atom stereocenters. The van der Waals surface area contributed by atoms with Crippen molar-refractivity contribution in [1.29, 1.82) is 0 Å². The van der Waals surface area contributed by atoms with Gasteiger partial charge in [-0.15, -0.1) is 0 Å². The number of benzene rings is 1. The summed E-state index contributed by atoms with van der Waals surface area (Å²) in [5.41, 5.74) is 3.30. The van der Waals surface area contributed by atoms with Crippen LogP contribution in [0.3, 0.4) is 0 Å². The van der Waals surface area contributed by atoms with Crippen LogP contribution in [0, 0.1) is 0 Å². The summed E-state index contributed by atoms with van der Waals surface area (Å²) in [7, 11) is 0. The quantitative estimate of drug-likeness (QED) is 0.632. The molecule has 0 aliphatic carbocycles. The van der Waals surface area contributed by atoms with E-state index in [1.807, 2.05) is 30.3 Å². The summed E-state index contributed by atoms with van der Waals surface area (Å²) in [6.07, 6.45) is 0.173. The van der Waals surface area contributed by atoms with Gasteiger partial charge in [-0.05, 0) is 26.0 Å². The van der Waals surface area contributed by atoms with Crippen LogP contribution < -0.4 is 10.5 Å². The standard InChI is InChI=1S/C15H19N3O4/c1-3-21-15(20)12-10-13(14(19)17-22-4-2)18(16-12)11-8-6-5-7-9-11/h5-9,13H,3-4,10H2,1-2H3,(H,17,19). The van der Waals surface area contributed by atoms with Crippen molar-refractivity contribution in [2.75, 3.05) is 18.2 Å². The molecule has 1 aromatic carbocycles. The minimum atomic E-state index is -0.645. The molecule has 1 unspecified atom stereocenters. The Hall–Kier alpha value is -2.41. The molecule has 0 radical (unpaired) electrons. The number of carbonyl (C=O) groups excluding carboxylic acids is 2. The maximum Gasteiger partial charge on any atom is 0.354 e. The molecular weight excluding hydrogens is 286 g/mol. The zero-order valence-electron chi connectivity index (χ0n) is 12.6. The molecule has 1 aliphatic heterocycles. The fourth-order valence-electron chi connectivity index (χ4n) is 2.08. The van der Waals surface area contributed by atoms with Crippen LogP contribution in [0.1, 0.15) is 20.3 Å². The van der Waals surface area contributed by atoms with Gasteiger partial charge in [0.15, 0.2) is 0 Å². The van der Waals surface area contributed by atoms with Crippen LogP contribution in [0.5, 0.6) is 0 Å². The summed E-state index contributed by atoms with van der Waals surface area (Å²) in [6.45, 7) is 4.11. The Labute approximate surface area is 128 Å². The number of para-hydroxylation sites is 1. The Morgan fingerprint density at radius 3 is 2.64 bits per heavy atom. The van der Waals surface area contributed by atoms with Gasteiger partial charge in [0.1, 0.15) is 11.8 Å². The van der Waals surface area contributed by atoms with Gasteiger partial charge in [0.2, 0.25) is 0 Å². The number of nitrogens with zero attached hydrogens (tertiary/aromatic N) is 2. The van der Waals surface area contributed by atoms with Crippen molar-refractivity contribution in [3.63, 3.8) is 0 Å². The molecule has 0 saturated carbocycles. The lowest BCUT2D eigenvalue weighted by Crippen LogP contribution is -2.42. The molecule has 22 heavy (non-hydrogen) atoms. The van der Waals surface area contributed by atoms with Crippen LogP contribution in [0.25, 0.3) is 0 Å². The zero-order valence-corrected chi connectivity index (χ0v) is 12.6. The third-order valence-corrected chi connectivity index (χ3v) is 3.06. The fraction of sp³-hybridized carbons (Fsp3) is 0.400. The first-order valence-corrected chi connectivity index (χ1v) is 7.17. The molecule has 1 aromatic rings. The summed E-state index contributed by atoms with van der Waals surface area (Å²) in [5.74, 6) is -0.858. The number of rotatable bonds is 6. The summed E-state index contributed by atoms with van der Waals surface area (Å²) >= 11 is 0. The Balaban J connectivity index is 2.22. The predicted molar refractivity (Wildman–Crippen MR) is 81.2 cm³/mol. The molecule has 0 saturated heterocycles. The summed E-state index contributed by atoms with van der Waals surface area (Å²) in [5, 5.41) is 5.76. The lowest BCUT2D eigenvalue weighted by Gasteiger charge is -2.22. The van der Waals surface area contributed by atoms with Crippen LogP contribution in [0.15, 0.2) is 35.4 Å². The number of ether oxygens (including phenoxy) is 1. The van der Waals surface area contributed by atoms with Gasteiger partial charge in [-0.3, -0.25) is 14.6 Å². The molecule has 0 aromatic heterocycles.